The zero-order valence-electron chi connectivity index (χ0n) is 17.5. The summed E-state index contributed by atoms with van der Waals surface area (Å²) in [5, 5.41) is 5.48. The molecule has 0 saturated heterocycles. The third-order valence-electron chi connectivity index (χ3n) is 4.23. The summed E-state index contributed by atoms with van der Waals surface area (Å²) in [4.78, 5) is 28.6. The van der Waals surface area contributed by atoms with Crippen molar-refractivity contribution < 1.29 is 32.2 Å². The molecule has 1 aromatic heterocycles. The van der Waals surface area contributed by atoms with Crippen molar-refractivity contribution >= 4 is 17.6 Å². The van der Waals surface area contributed by atoms with Gasteiger partial charge in [0.25, 0.3) is 5.91 Å². The second-order valence-corrected chi connectivity index (χ2v) is 7.08. The number of rotatable bonds is 8. The van der Waals surface area contributed by atoms with Crippen molar-refractivity contribution in [1.29, 1.82) is 0 Å². The van der Waals surface area contributed by atoms with E-state index in [4.69, 9.17) is 4.74 Å². The van der Waals surface area contributed by atoms with Crippen LogP contribution in [0.25, 0.3) is 0 Å². The summed E-state index contributed by atoms with van der Waals surface area (Å²) in [7, 11) is 1.30. The maximum atomic E-state index is 12.7. The SMILES string of the molecule is COc1cc(OCC(F)(F)F)ccc1C(=O)NC(C)c1ccnc(NC(=O)C(C)C)c1. The molecule has 31 heavy (non-hydrogen) atoms. The first kappa shape index (κ1) is 24.0. The molecule has 2 amide bonds. The quantitative estimate of drug-likeness (QED) is 0.646. The van der Waals surface area contributed by atoms with E-state index in [1.54, 1.807) is 32.9 Å². The van der Waals surface area contributed by atoms with Crippen LogP contribution in [-0.4, -0.2) is 36.7 Å². The van der Waals surface area contributed by atoms with Crippen molar-refractivity contribution in [2.75, 3.05) is 19.0 Å². The highest BCUT2D eigenvalue weighted by atomic mass is 19.4. The zero-order valence-corrected chi connectivity index (χ0v) is 17.5. The molecule has 0 aliphatic heterocycles. The lowest BCUT2D eigenvalue weighted by Gasteiger charge is -2.17. The number of carbonyl (C=O) groups is 2. The van der Waals surface area contributed by atoms with E-state index < -0.39 is 24.7 Å². The average molecular weight is 439 g/mol. The molecule has 2 rings (SSSR count). The molecule has 1 aromatic carbocycles. The van der Waals surface area contributed by atoms with Gasteiger partial charge < -0.3 is 20.1 Å². The molecule has 10 heteroatoms. The van der Waals surface area contributed by atoms with Crippen molar-refractivity contribution in [2.45, 2.75) is 33.0 Å². The third kappa shape index (κ3) is 7.16. The molecule has 1 unspecified atom stereocenters. The van der Waals surface area contributed by atoms with Gasteiger partial charge >= 0.3 is 6.18 Å². The fourth-order valence-corrected chi connectivity index (χ4v) is 2.53. The van der Waals surface area contributed by atoms with E-state index in [-0.39, 0.29) is 28.9 Å². The highest BCUT2D eigenvalue weighted by Gasteiger charge is 2.28. The molecule has 1 atom stereocenters. The van der Waals surface area contributed by atoms with Gasteiger partial charge in [-0.25, -0.2) is 4.98 Å². The number of nitrogens with one attached hydrogen (secondary N) is 2. The molecule has 0 radical (unpaired) electrons. The lowest BCUT2D eigenvalue weighted by molar-refractivity contribution is -0.153. The first-order valence-corrected chi connectivity index (χ1v) is 9.45. The topological polar surface area (TPSA) is 89.6 Å². The predicted molar refractivity (Wildman–Crippen MR) is 108 cm³/mol. The first-order valence-electron chi connectivity index (χ1n) is 9.45. The minimum Gasteiger partial charge on any atom is -0.496 e. The molecule has 7 nitrogen and oxygen atoms in total. The monoisotopic (exact) mass is 439 g/mol. The molecule has 0 bridgehead atoms. The second kappa shape index (κ2) is 10.1. The minimum atomic E-state index is -4.48. The summed E-state index contributed by atoms with van der Waals surface area (Å²) in [6.45, 7) is 3.81. The number of aromatic nitrogens is 1. The van der Waals surface area contributed by atoms with E-state index >= 15 is 0 Å². The van der Waals surface area contributed by atoms with Crippen molar-refractivity contribution in [3.05, 3.63) is 47.7 Å². The van der Waals surface area contributed by atoms with Crippen molar-refractivity contribution in [2.24, 2.45) is 5.92 Å². The number of benzene rings is 1. The van der Waals surface area contributed by atoms with E-state index in [0.717, 1.165) is 0 Å². The van der Waals surface area contributed by atoms with Crippen LogP contribution in [0.2, 0.25) is 0 Å². The number of nitrogens with zero attached hydrogens (tertiary/aromatic N) is 1. The highest BCUT2D eigenvalue weighted by molar-refractivity contribution is 5.97. The molecule has 2 N–H and O–H groups in total. The van der Waals surface area contributed by atoms with Gasteiger partial charge in [0.05, 0.1) is 18.7 Å². The van der Waals surface area contributed by atoms with Gasteiger partial charge in [0.2, 0.25) is 5.91 Å². The van der Waals surface area contributed by atoms with Crippen LogP contribution in [0.5, 0.6) is 11.5 Å². The Labute approximate surface area is 178 Å². The number of halogens is 3. The van der Waals surface area contributed by atoms with E-state index in [0.29, 0.717) is 11.4 Å². The number of alkyl halides is 3. The lowest BCUT2D eigenvalue weighted by atomic mass is 10.1. The number of ether oxygens (including phenoxy) is 2. The highest BCUT2D eigenvalue weighted by Crippen LogP contribution is 2.27. The van der Waals surface area contributed by atoms with Crippen LogP contribution in [0.3, 0.4) is 0 Å². The Bertz CT molecular complexity index is 932. The molecular formula is C21H24F3N3O4. The summed E-state index contributed by atoms with van der Waals surface area (Å²) < 4.78 is 46.8. The maximum Gasteiger partial charge on any atom is 0.422 e. The molecule has 0 spiro atoms. The second-order valence-electron chi connectivity index (χ2n) is 7.08. The summed E-state index contributed by atoms with van der Waals surface area (Å²) in [5.41, 5.74) is 0.836. The zero-order chi connectivity index (χ0) is 23.2. The Morgan fingerprint density at radius 2 is 1.84 bits per heavy atom. The number of anilines is 1. The summed E-state index contributed by atoms with van der Waals surface area (Å²) >= 11 is 0. The van der Waals surface area contributed by atoms with E-state index in [1.807, 2.05) is 0 Å². The van der Waals surface area contributed by atoms with Gasteiger partial charge in [-0.1, -0.05) is 13.8 Å². The minimum absolute atomic E-state index is 0.0709. The molecule has 0 aliphatic rings. The first-order chi connectivity index (χ1) is 14.5. The van der Waals surface area contributed by atoms with Gasteiger partial charge in [0, 0.05) is 18.2 Å². The van der Waals surface area contributed by atoms with Crippen LogP contribution in [0, 0.1) is 5.92 Å². The smallest absolute Gasteiger partial charge is 0.422 e. The lowest BCUT2D eigenvalue weighted by Crippen LogP contribution is -2.27. The molecule has 168 valence electrons. The molecular weight excluding hydrogens is 415 g/mol. The van der Waals surface area contributed by atoms with Crippen molar-refractivity contribution in [3.63, 3.8) is 0 Å². The third-order valence-corrected chi connectivity index (χ3v) is 4.23. The van der Waals surface area contributed by atoms with Crippen LogP contribution in [0.1, 0.15) is 42.7 Å². The summed E-state index contributed by atoms with van der Waals surface area (Å²) in [6.07, 6.45) is -2.96. The normalized spacial score (nSPS) is 12.3. The molecule has 0 fully saturated rings. The molecule has 2 aromatic rings. The van der Waals surface area contributed by atoms with Gasteiger partial charge in [0.15, 0.2) is 6.61 Å². The number of amides is 2. The van der Waals surface area contributed by atoms with Gasteiger partial charge in [-0.2, -0.15) is 13.2 Å². The standard InChI is InChI=1S/C21H24F3N3O4/c1-12(2)19(28)27-18-9-14(7-8-25-18)13(3)26-20(29)16-6-5-15(10-17(16)30-4)31-11-21(22,23)24/h5-10,12-13H,11H2,1-4H3,(H,26,29)(H,25,27,28). The van der Waals surface area contributed by atoms with Crippen molar-refractivity contribution in [3.8, 4) is 11.5 Å². The maximum absolute atomic E-state index is 12.7. The van der Waals surface area contributed by atoms with Crippen LogP contribution in [-0.2, 0) is 4.79 Å². The molecule has 0 saturated carbocycles. The fraction of sp³-hybridized carbons (Fsp3) is 0.381. The van der Waals surface area contributed by atoms with Crippen molar-refractivity contribution in [1.82, 2.24) is 10.3 Å². The van der Waals surface area contributed by atoms with E-state index in [2.05, 4.69) is 20.4 Å². The molecule has 0 aliphatic carbocycles. The number of hydrogen-bond acceptors (Lipinski definition) is 5. The van der Waals surface area contributed by atoms with Gasteiger partial charge in [0.1, 0.15) is 17.3 Å². The predicted octanol–water partition coefficient (Wildman–Crippen LogP) is 4.12. The van der Waals surface area contributed by atoms with E-state index in [1.165, 1.54) is 31.5 Å². The number of carbonyl (C=O) groups excluding carboxylic acids is 2. The van der Waals surface area contributed by atoms with Gasteiger partial charge in [-0.3, -0.25) is 9.59 Å². The van der Waals surface area contributed by atoms with Gasteiger partial charge in [-0.15, -0.1) is 0 Å². The molecule has 1 heterocycles. The van der Waals surface area contributed by atoms with Gasteiger partial charge in [-0.05, 0) is 36.8 Å². The van der Waals surface area contributed by atoms with Crippen LogP contribution in [0.15, 0.2) is 36.5 Å². The van der Waals surface area contributed by atoms with E-state index in [9.17, 15) is 22.8 Å². The van der Waals surface area contributed by atoms with Crippen LogP contribution < -0.4 is 20.1 Å². The Morgan fingerprint density at radius 1 is 1.13 bits per heavy atom. The number of pyridine rings is 1. The average Bonchev–Trinajstić information content (AvgIpc) is 2.71. The van der Waals surface area contributed by atoms with Crippen LogP contribution >= 0.6 is 0 Å². The Kier molecular flexibility index (Phi) is 7.84. The van der Waals surface area contributed by atoms with Crippen LogP contribution in [0.4, 0.5) is 19.0 Å². The largest absolute Gasteiger partial charge is 0.496 e. The summed E-state index contributed by atoms with van der Waals surface area (Å²) in [5.74, 6) is -0.517. The summed E-state index contributed by atoms with van der Waals surface area (Å²) in [6, 6.07) is 6.71. The fourth-order valence-electron chi connectivity index (χ4n) is 2.53. The number of methoxy groups -OCH3 is 1. The Hall–Kier alpha value is -3.30. The Balaban J connectivity index is 2.11. The number of hydrogen-bond donors (Lipinski definition) is 2. The Morgan fingerprint density at radius 3 is 2.45 bits per heavy atom.